The predicted octanol–water partition coefficient (Wildman–Crippen LogP) is 3.46. The van der Waals surface area contributed by atoms with Gasteiger partial charge in [0.1, 0.15) is 5.75 Å². The molecule has 0 spiro atoms. The van der Waals surface area contributed by atoms with Gasteiger partial charge in [0, 0.05) is 5.56 Å². The Morgan fingerprint density at radius 2 is 1.62 bits per heavy atom. The Kier molecular flexibility index (Phi) is 6.48. The first-order valence-corrected chi connectivity index (χ1v) is 7.56. The van der Waals surface area contributed by atoms with Gasteiger partial charge in [0.2, 0.25) is 0 Å². The maximum Gasteiger partial charge on any atom is 0.387 e. The van der Waals surface area contributed by atoms with E-state index in [-0.39, 0.29) is 5.75 Å². The number of benzene rings is 2. The quantitative estimate of drug-likeness (QED) is 0.603. The summed E-state index contributed by atoms with van der Waals surface area (Å²) in [5.41, 5.74) is 3.94. The maximum absolute atomic E-state index is 12.2. The van der Waals surface area contributed by atoms with Crippen LogP contribution in [0.5, 0.6) is 17.2 Å². The third kappa shape index (κ3) is 4.92. The molecule has 0 saturated heterocycles. The van der Waals surface area contributed by atoms with Crippen molar-refractivity contribution in [2.24, 2.45) is 5.10 Å². The summed E-state index contributed by atoms with van der Waals surface area (Å²) in [6, 6.07) is 10.7. The molecule has 0 aliphatic carbocycles. The lowest BCUT2D eigenvalue weighted by atomic mass is 10.1. The van der Waals surface area contributed by atoms with Gasteiger partial charge in [-0.25, -0.2) is 5.43 Å². The van der Waals surface area contributed by atoms with Crippen molar-refractivity contribution in [3.05, 3.63) is 53.6 Å². The van der Waals surface area contributed by atoms with Crippen LogP contribution in [-0.4, -0.2) is 32.4 Å². The number of ether oxygens (including phenoxy) is 3. The van der Waals surface area contributed by atoms with Crippen molar-refractivity contribution in [3.63, 3.8) is 0 Å². The number of alkyl halides is 2. The normalized spacial score (nSPS) is 11.2. The molecule has 2 aromatic rings. The topological polar surface area (TPSA) is 69.2 Å². The monoisotopic (exact) mass is 364 g/mol. The van der Waals surface area contributed by atoms with Crippen molar-refractivity contribution in [1.82, 2.24) is 5.43 Å². The summed E-state index contributed by atoms with van der Waals surface area (Å²) in [5, 5.41) is 4.02. The van der Waals surface area contributed by atoms with E-state index in [0.717, 1.165) is 0 Å². The zero-order valence-electron chi connectivity index (χ0n) is 14.5. The van der Waals surface area contributed by atoms with Crippen LogP contribution in [0.2, 0.25) is 0 Å². The number of halogens is 2. The fourth-order valence-corrected chi connectivity index (χ4v) is 2.12. The molecule has 0 radical (unpaired) electrons. The van der Waals surface area contributed by atoms with Crippen LogP contribution in [0.25, 0.3) is 0 Å². The minimum absolute atomic E-state index is 0.0471. The van der Waals surface area contributed by atoms with E-state index < -0.39 is 12.5 Å². The molecule has 0 aromatic heterocycles. The summed E-state index contributed by atoms with van der Waals surface area (Å²) in [6.45, 7) is -1.20. The number of amides is 1. The van der Waals surface area contributed by atoms with Crippen LogP contribution in [-0.2, 0) is 0 Å². The second-order valence-electron chi connectivity index (χ2n) is 5.11. The molecule has 0 heterocycles. The number of rotatable bonds is 7. The Morgan fingerprint density at radius 3 is 2.19 bits per heavy atom. The molecule has 0 saturated carbocycles. The van der Waals surface area contributed by atoms with E-state index in [0.29, 0.717) is 28.3 Å². The van der Waals surface area contributed by atoms with E-state index in [1.54, 1.807) is 31.2 Å². The molecule has 0 fully saturated rings. The zero-order chi connectivity index (χ0) is 19.1. The van der Waals surface area contributed by atoms with Crippen molar-refractivity contribution in [3.8, 4) is 17.2 Å². The van der Waals surface area contributed by atoms with Gasteiger partial charge in [0.05, 0.1) is 19.9 Å². The fraction of sp³-hybridized carbons (Fsp3) is 0.222. The maximum atomic E-state index is 12.2. The van der Waals surface area contributed by atoms with E-state index in [1.807, 2.05) is 0 Å². The average Bonchev–Trinajstić information content (AvgIpc) is 2.65. The smallest absolute Gasteiger partial charge is 0.387 e. The predicted molar refractivity (Wildman–Crippen MR) is 92.3 cm³/mol. The lowest BCUT2D eigenvalue weighted by molar-refractivity contribution is -0.0498. The Balaban J connectivity index is 2.07. The lowest BCUT2D eigenvalue weighted by Crippen LogP contribution is -2.19. The summed E-state index contributed by atoms with van der Waals surface area (Å²) in [6.07, 6.45) is 0. The van der Waals surface area contributed by atoms with Gasteiger partial charge >= 0.3 is 6.61 Å². The van der Waals surface area contributed by atoms with Crippen molar-refractivity contribution in [2.75, 3.05) is 14.2 Å². The molecule has 26 heavy (non-hydrogen) atoms. The molecular weight excluding hydrogens is 346 g/mol. The molecule has 1 N–H and O–H groups in total. The highest BCUT2D eigenvalue weighted by Crippen LogP contribution is 2.27. The van der Waals surface area contributed by atoms with Crippen molar-refractivity contribution in [1.29, 1.82) is 0 Å². The van der Waals surface area contributed by atoms with E-state index in [2.05, 4.69) is 15.3 Å². The van der Waals surface area contributed by atoms with Gasteiger partial charge in [-0.15, -0.1) is 0 Å². The van der Waals surface area contributed by atoms with E-state index in [1.165, 1.54) is 32.4 Å². The second-order valence-corrected chi connectivity index (χ2v) is 5.11. The first-order valence-electron chi connectivity index (χ1n) is 7.56. The number of nitrogens with one attached hydrogen (secondary N) is 1. The lowest BCUT2D eigenvalue weighted by Gasteiger charge is -2.09. The van der Waals surface area contributed by atoms with Crippen LogP contribution >= 0.6 is 0 Å². The number of carbonyl (C=O) groups excluding carboxylic acids is 1. The van der Waals surface area contributed by atoms with Gasteiger partial charge < -0.3 is 14.2 Å². The molecule has 2 aromatic carbocycles. The molecule has 6 nitrogen and oxygen atoms in total. The van der Waals surface area contributed by atoms with Gasteiger partial charge in [-0.1, -0.05) is 0 Å². The highest BCUT2D eigenvalue weighted by molar-refractivity contribution is 6.01. The summed E-state index contributed by atoms with van der Waals surface area (Å²) in [5.74, 6) is 0.555. The van der Waals surface area contributed by atoms with Gasteiger partial charge in [-0.2, -0.15) is 13.9 Å². The van der Waals surface area contributed by atoms with E-state index in [4.69, 9.17) is 9.47 Å². The van der Waals surface area contributed by atoms with E-state index in [9.17, 15) is 13.6 Å². The number of methoxy groups -OCH3 is 2. The molecular formula is C18H18F2N2O4. The Morgan fingerprint density at radius 1 is 1.00 bits per heavy atom. The third-order valence-electron chi connectivity index (χ3n) is 3.47. The van der Waals surface area contributed by atoms with Crippen LogP contribution in [0.1, 0.15) is 22.8 Å². The van der Waals surface area contributed by atoms with Crippen LogP contribution in [0, 0.1) is 0 Å². The molecule has 8 heteroatoms. The summed E-state index contributed by atoms with van der Waals surface area (Å²) in [4.78, 5) is 12.2. The fourth-order valence-electron chi connectivity index (χ4n) is 2.12. The van der Waals surface area contributed by atoms with Crippen LogP contribution in [0.3, 0.4) is 0 Å². The number of nitrogens with zero attached hydrogens (tertiary/aromatic N) is 1. The van der Waals surface area contributed by atoms with E-state index >= 15 is 0 Å². The first kappa shape index (κ1) is 19.2. The SMILES string of the molecule is COc1ccc(C(=O)N/N=C(\C)c2ccc(OC(F)F)cc2)cc1OC. The summed E-state index contributed by atoms with van der Waals surface area (Å²) in [7, 11) is 2.98. The van der Waals surface area contributed by atoms with Crippen molar-refractivity contribution < 1.29 is 27.8 Å². The van der Waals surface area contributed by atoms with Crippen LogP contribution in [0.15, 0.2) is 47.6 Å². The Labute approximate surface area is 149 Å². The van der Waals surface area contributed by atoms with Gasteiger partial charge in [-0.05, 0) is 55.0 Å². The number of hydrazone groups is 1. The molecule has 1 amide bonds. The minimum atomic E-state index is -2.88. The van der Waals surface area contributed by atoms with Gasteiger partial charge in [-0.3, -0.25) is 4.79 Å². The highest BCUT2D eigenvalue weighted by Gasteiger charge is 2.10. The third-order valence-corrected chi connectivity index (χ3v) is 3.47. The first-order chi connectivity index (χ1) is 12.4. The zero-order valence-corrected chi connectivity index (χ0v) is 14.5. The Bertz CT molecular complexity index is 792. The largest absolute Gasteiger partial charge is 0.493 e. The molecule has 0 atom stereocenters. The Hall–Kier alpha value is -3.16. The highest BCUT2D eigenvalue weighted by atomic mass is 19.3. The van der Waals surface area contributed by atoms with Gasteiger partial charge in [0.25, 0.3) is 5.91 Å². The second kappa shape index (κ2) is 8.80. The molecule has 0 aliphatic rings. The number of hydrogen-bond acceptors (Lipinski definition) is 5. The molecule has 0 bridgehead atoms. The van der Waals surface area contributed by atoms with Crippen molar-refractivity contribution in [2.45, 2.75) is 13.5 Å². The standard InChI is InChI=1S/C18H18F2N2O4/c1-11(12-4-7-14(8-5-12)26-18(19)20)21-22-17(23)13-6-9-15(24-2)16(10-13)25-3/h4-10,18H,1-3H3,(H,22,23)/b21-11+. The van der Waals surface area contributed by atoms with Crippen molar-refractivity contribution >= 4 is 11.6 Å². The summed E-state index contributed by atoms with van der Waals surface area (Å²) < 4.78 is 38.8. The van der Waals surface area contributed by atoms with Crippen LogP contribution < -0.4 is 19.6 Å². The molecule has 138 valence electrons. The van der Waals surface area contributed by atoms with Gasteiger partial charge in [0.15, 0.2) is 11.5 Å². The summed E-state index contributed by atoms with van der Waals surface area (Å²) >= 11 is 0. The number of carbonyl (C=O) groups is 1. The molecule has 0 aliphatic heterocycles. The van der Waals surface area contributed by atoms with Crippen LogP contribution in [0.4, 0.5) is 8.78 Å². The average molecular weight is 364 g/mol. The minimum Gasteiger partial charge on any atom is -0.493 e. The molecule has 0 unspecified atom stereocenters. The molecule has 2 rings (SSSR count). The number of hydrogen-bond donors (Lipinski definition) is 1.